The Balaban J connectivity index is 2.38. The maximum atomic E-state index is 11.2. The molecule has 0 aromatic heterocycles. The maximum absolute atomic E-state index is 11.2. The van der Waals surface area contributed by atoms with E-state index in [1.807, 2.05) is 0 Å². The second-order valence-electron chi connectivity index (χ2n) is 4.81. The first-order valence-electron chi connectivity index (χ1n) is 5.81. The van der Waals surface area contributed by atoms with E-state index < -0.39 is 18.5 Å². The summed E-state index contributed by atoms with van der Waals surface area (Å²) < 4.78 is 0. The van der Waals surface area contributed by atoms with Crippen molar-refractivity contribution < 1.29 is 19.9 Å². The Hall–Kier alpha value is -0.585. The van der Waals surface area contributed by atoms with Gasteiger partial charge in [0.1, 0.15) is 0 Å². The summed E-state index contributed by atoms with van der Waals surface area (Å²) in [6.07, 6.45) is 4.20. The molecule has 1 saturated carbocycles. The van der Waals surface area contributed by atoms with E-state index in [1.54, 1.807) is 0 Å². The van der Waals surface area contributed by atoms with E-state index in [9.17, 15) is 9.90 Å². The molecule has 5 nitrogen and oxygen atoms in total. The van der Waals surface area contributed by atoms with Crippen LogP contribution in [0.15, 0.2) is 0 Å². The quantitative estimate of drug-likeness (QED) is 0.385. The standard InChI is InChI=1S/C10H20BNO4/c12-8-3-5-10(7-8,9(13)14)4-1-2-6-11(15)16/h8,15-16H,1-7,12H2,(H,13,14)/t8-,10-/m1/s1. The van der Waals surface area contributed by atoms with Crippen LogP contribution in [0, 0.1) is 5.41 Å². The molecule has 0 unspecified atom stereocenters. The second kappa shape index (κ2) is 5.66. The monoisotopic (exact) mass is 229 g/mol. The van der Waals surface area contributed by atoms with Crippen LogP contribution in [0.3, 0.4) is 0 Å². The van der Waals surface area contributed by atoms with Gasteiger partial charge in [0.25, 0.3) is 0 Å². The van der Waals surface area contributed by atoms with Crippen LogP contribution in [0.2, 0.25) is 6.32 Å². The number of carboxylic acid groups (broad SMARTS) is 1. The fourth-order valence-corrected chi connectivity index (χ4v) is 2.49. The number of carboxylic acids is 1. The number of hydrogen-bond acceptors (Lipinski definition) is 4. The highest BCUT2D eigenvalue weighted by molar-refractivity contribution is 6.40. The van der Waals surface area contributed by atoms with Gasteiger partial charge in [0.15, 0.2) is 0 Å². The highest BCUT2D eigenvalue weighted by atomic mass is 16.4. The number of nitrogens with two attached hydrogens (primary N) is 1. The van der Waals surface area contributed by atoms with E-state index in [0.717, 1.165) is 6.42 Å². The normalized spacial score (nSPS) is 29.3. The van der Waals surface area contributed by atoms with Crippen molar-refractivity contribution in [3.05, 3.63) is 0 Å². The fraction of sp³-hybridized carbons (Fsp3) is 0.900. The molecule has 0 radical (unpaired) electrons. The molecule has 92 valence electrons. The molecule has 0 saturated heterocycles. The summed E-state index contributed by atoms with van der Waals surface area (Å²) in [4.78, 5) is 11.2. The average molecular weight is 229 g/mol. The Morgan fingerprint density at radius 1 is 1.44 bits per heavy atom. The number of unbranched alkanes of at least 4 members (excludes halogenated alkanes) is 1. The predicted octanol–water partition coefficient (Wildman–Crippen LogP) is 0.212. The lowest BCUT2D eigenvalue weighted by Gasteiger charge is -2.23. The first kappa shape index (κ1) is 13.5. The van der Waals surface area contributed by atoms with Crippen LogP contribution >= 0.6 is 0 Å². The molecule has 1 aliphatic carbocycles. The van der Waals surface area contributed by atoms with E-state index in [2.05, 4.69) is 0 Å². The molecule has 6 heteroatoms. The summed E-state index contributed by atoms with van der Waals surface area (Å²) in [6.45, 7) is 0. The summed E-state index contributed by atoms with van der Waals surface area (Å²) in [6, 6.07) is -0.000433. The molecule has 0 aromatic carbocycles. The van der Waals surface area contributed by atoms with Crippen molar-refractivity contribution in [2.24, 2.45) is 11.1 Å². The van der Waals surface area contributed by atoms with Gasteiger partial charge < -0.3 is 20.9 Å². The predicted molar refractivity (Wildman–Crippen MR) is 60.7 cm³/mol. The van der Waals surface area contributed by atoms with Gasteiger partial charge in [0, 0.05) is 6.04 Å². The molecule has 1 rings (SSSR count). The van der Waals surface area contributed by atoms with Crippen molar-refractivity contribution in [1.29, 1.82) is 0 Å². The van der Waals surface area contributed by atoms with Crippen molar-refractivity contribution in [3.8, 4) is 0 Å². The molecule has 0 heterocycles. The molecule has 0 spiro atoms. The lowest BCUT2D eigenvalue weighted by molar-refractivity contribution is -0.149. The number of aliphatic carboxylic acids is 1. The van der Waals surface area contributed by atoms with E-state index >= 15 is 0 Å². The van der Waals surface area contributed by atoms with Crippen LogP contribution in [0.4, 0.5) is 0 Å². The Labute approximate surface area is 95.8 Å². The van der Waals surface area contributed by atoms with Crippen LogP contribution in [0.1, 0.15) is 38.5 Å². The smallest absolute Gasteiger partial charge is 0.451 e. The molecular weight excluding hydrogens is 209 g/mol. The van der Waals surface area contributed by atoms with Gasteiger partial charge in [0.05, 0.1) is 5.41 Å². The van der Waals surface area contributed by atoms with Gasteiger partial charge in [-0.3, -0.25) is 4.79 Å². The van der Waals surface area contributed by atoms with E-state index in [0.29, 0.717) is 38.4 Å². The van der Waals surface area contributed by atoms with E-state index in [4.69, 9.17) is 15.8 Å². The lowest BCUT2D eigenvalue weighted by atomic mass is 9.78. The molecule has 0 amide bonds. The van der Waals surface area contributed by atoms with Crippen LogP contribution in [0.25, 0.3) is 0 Å². The Kier molecular flexibility index (Phi) is 4.77. The molecule has 1 fully saturated rings. The Morgan fingerprint density at radius 3 is 2.56 bits per heavy atom. The number of hydrogen-bond donors (Lipinski definition) is 4. The molecule has 0 bridgehead atoms. The summed E-state index contributed by atoms with van der Waals surface area (Å²) in [5.74, 6) is -0.759. The van der Waals surface area contributed by atoms with Crippen LogP contribution < -0.4 is 5.73 Å². The second-order valence-corrected chi connectivity index (χ2v) is 4.81. The largest absolute Gasteiger partial charge is 0.481 e. The molecule has 5 N–H and O–H groups in total. The molecule has 1 aliphatic rings. The third-order valence-corrected chi connectivity index (χ3v) is 3.47. The Bertz CT molecular complexity index is 249. The first-order valence-corrected chi connectivity index (χ1v) is 5.81. The maximum Gasteiger partial charge on any atom is 0.451 e. The SMILES string of the molecule is N[C@@H]1CC[C@@](CCCCB(O)O)(C(=O)O)C1. The number of rotatable bonds is 6. The van der Waals surface area contributed by atoms with Crippen molar-refractivity contribution in [2.75, 3.05) is 0 Å². The zero-order chi connectivity index (χ0) is 12.2. The summed E-state index contributed by atoms with van der Waals surface area (Å²) in [7, 11) is -1.29. The average Bonchev–Trinajstić information content (AvgIpc) is 2.56. The Morgan fingerprint density at radius 2 is 2.12 bits per heavy atom. The minimum atomic E-state index is -1.29. The van der Waals surface area contributed by atoms with Gasteiger partial charge in [-0.25, -0.2) is 0 Å². The minimum absolute atomic E-state index is 0.000433. The molecular formula is C10H20BNO4. The van der Waals surface area contributed by atoms with Gasteiger partial charge in [0.2, 0.25) is 0 Å². The van der Waals surface area contributed by atoms with Crippen LogP contribution in [-0.4, -0.2) is 34.3 Å². The summed E-state index contributed by atoms with van der Waals surface area (Å²) in [5, 5.41) is 26.6. The lowest BCUT2D eigenvalue weighted by Crippen LogP contribution is -2.30. The topological polar surface area (TPSA) is 104 Å². The highest BCUT2D eigenvalue weighted by Gasteiger charge is 2.43. The van der Waals surface area contributed by atoms with Crippen molar-refractivity contribution in [1.82, 2.24) is 0 Å². The molecule has 0 aliphatic heterocycles. The highest BCUT2D eigenvalue weighted by Crippen LogP contribution is 2.42. The van der Waals surface area contributed by atoms with Crippen LogP contribution in [-0.2, 0) is 4.79 Å². The first-order chi connectivity index (χ1) is 7.46. The third kappa shape index (κ3) is 3.47. The van der Waals surface area contributed by atoms with E-state index in [1.165, 1.54) is 0 Å². The van der Waals surface area contributed by atoms with Gasteiger partial charge in [-0.1, -0.05) is 12.8 Å². The zero-order valence-corrected chi connectivity index (χ0v) is 9.43. The zero-order valence-electron chi connectivity index (χ0n) is 9.43. The minimum Gasteiger partial charge on any atom is -0.481 e. The summed E-state index contributed by atoms with van der Waals surface area (Å²) in [5.41, 5.74) is 5.09. The van der Waals surface area contributed by atoms with Gasteiger partial charge in [-0.05, 0) is 32.0 Å². The summed E-state index contributed by atoms with van der Waals surface area (Å²) >= 11 is 0. The fourth-order valence-electron chi connectivity index (χ4n) is 2.49. The van der Waals surface area contributed by atoms with Gasteiger partial charge in [-0.15, -0.1) is 0 Å². The van der Waals surface area contributed by atoms with E-state index in [-0.39, 0.29) is 6.04 Å². The van der Waals surface area contributed by atoms with Gasteiger partial charge in [-0.2, -0.15) is 0 Å². The molecule has 2 atom stereocenters. The number of carbonyl (C=O) groups is 1. The molecule has 0 aromatic rings. The van der Waals surface area contributed by atoms with Gasteiger partial charge >= 0.3 is 13.1 Å². The van der Waals surface area contributed by atoms with Crippen molar-refractivity contribution >= 4 is 13.1 Å². The third-order valence-electron chi connectivity index (χ3n) is 3.47. The van der Waals surface area contributed by atoms with Crippen molar-refractivity contribution in [2.45, 2.75) is 50.9 Å². The van der Waals surface area contributed by atoms with Crippen molar-refractivity contribution in [3.63, 3.8) is 0 Å². The molecule has 16 heavy (non-hydrogen) atoms. The van der Waals surface area contributed by atoms with Crippen LogP contribution in [0.5, 0.6) is 0 Å².